The summed E-state index contributed by atoms with van der Waals surface area (Å²) in [6.45, 7) is 3.45. The molecule has 0 spiro atoms. The predicted molar refractivity (Wildman–Crippen MR) is 88.9 cm³/mol. The van der Waals surface area contributed by atoms with Crippen molar-refractivity contribution < 1.29 is 14.3 Å². The average Bonchev–Trinajstić information content (AvgIpc) is 3.05. The van der Waals surface area contributed by atoms with Gasteiger partial charge in [-0.3, -0.25) is 9.59 Å². The first-order valence-corrected chi connectivity index (χ1v) is 8.39. The van der Waals surface area contributed by atoms with Gasteiger partial charge in [-0.1, -0.05) is 30.3 Å². The first-order valence-electron chi connectivity index (χ1n) is 8.39. The molecule has 5 nitrogen and oxygen atoms in total. The number of nitrogens with one attached hydrogen (secondary N) is 2. The molecule has 2 N–H and O–H groups in total. The maximum atomic E-state index is 12.1. The molecule has 5 heteroatoms. The maximum absolute atomic E-state index is 12.1. The number of ether oxygens (including phenoxy) is 1. The van der Waals surface area contributed by atoms with Gasteiger partial charge in [-0.25, -0.2) is 0 Å². The van der Waals surface area contributed by atoms with Crippen LogP contribution < -0.4 is 10.6 Å². The molecule has 2 rings (SSSR count). The van der Waals surface area contributed by atoms with Crippen molar-refractivity contribution in [2.45, 2.75) is 38.6 Å². The van der Waals surface area contributed by atoms with Crippen molar-refractivity contribution in [1.82, 2.24) is 10.6 Å². The Hall–Kier alpha value is -1.88. The summed E-state index contributed by atoms with van der Waals surface area (Å²) < 4.78 is 5.14. The maximum Gasteiger partial charge on any atom is 0.311 e. The minimum Gasteiger partial charge on any atom is -0.466 e. The molecule has 0 radical (unpaired) electrons. The third kappa shape index (κ3) is 6.02. The van der Waals surface area contributed by atoms with Gasteiger partial charge in [0.15, 0.2) is 0 Å². The van der Waals surface area contributed by atoms with E-state index in [0.29, 0.717) is 26.0 Å². The van der Waals surface area contributed by atoms with Crippen molar-refractivity contribution in [3.05, 3.63) is 35.9 Å². The summed E-state index contributed by atoms with van der Waals surface area (Å²) in [6.07, 6.45) is 3.21. The molecule has 1 aliphatic heterocycles. The molecule has 0 saturated carbocycles. The second-order valence-electron chi connectivity index (χ2n) is 5.94. The lowest BCUT2D eigenvalue weighted by atomic mass is 9.99. The third-order valence-electron chi connectivity index (χ3n) is 4.08. The number of hydrogen-bond donors (Lipinski definition) is 2. The van der Waals surface area contributed by atoms with Gasteiger partial charge in [0, 0.05) is 19.0 Å². The van der Waals surface area contributed by atoms with E-state index in [0.717, 1.165) is 24.9 Å². The molecule has 23 heavy (non-hydrogen) atoms. The van der Waals surface area contributed by atoms with Gasteiger partial charge in [-0.2, -0.15) is 0 Å². The van der Waals surface area contributed by atoms with E-state index in [-0.39, 0.29) is 23.8 Å². The van der Waals surface area contributed by atoms with Gasteiger partial charge < -0.3 is 15.4 Å². The molecular weight excluding hydrogens is 292 g/mol. The molecule has 0 aliphatic carbocycles. The van der Waals surface area contributed by atoms with Crippen LogP contribution in [-0.2, 0) is 20.7 Å². The first kappa shape index (κ1) is 17.5. The lowest BCUT2D eigenvalue weighted by Crippen LogP contribution is -2.37. The van der Waals surface area contributed by atoms with Gasteiger partial charge in [0.1, 0.15) is 0 Å². The Balaban J connectivity index is 1.86. The molecule has 1 amide bonds. The Morgan fingerprint density at radius 3 is 2.78 bits per heavy atom. The normalized spacial score (nSPS) is 18.4. The highest BCUT2D eigenvalue weighted by Crippen LogP contribution is 2.11. The monoisotopic (exact) mass is 318 g/mol. The topological polar surface area (TPSA) is 67.4 Å². The van der Waals surface area contributed by atoms with Crippen molar-refractivity contribution in [1.29, 1.82) is 0 Å². The lowest BCUT2D eigenvalue weighted by Gasteiger charge is -2.17. The fraction of sp³-hybridized carbons (Fsp3) is 0.556. The highest BCUT2D eigenvalue weighted by Gasteiger charge is 2.22. The van der Waals surface area contributed by atoms with Gasteiger partial charge >= 0.3 is 5.97 Å². The number of hydrogen-bond acceptors (Lipinski definition) is 4. The van der Waals surface area contributed by atoms with Crippen LogP contribution in [-0.4, -0.2) is 37.6 Å². The smallest absolute Gasteiger partial charge is 0.311 e. The highest BCUT2D eigenvalue weighted by molar-refractivity contribution is 5.78. The second-order valence-corrected chi connectivity index (χ2v) is 5.94. The van der Waals surface area contributed by atoms with Crippen LogP contribution in [0.1, 0.15) is 31.7 Å². The molecule has 2 unspecified atom stereocenters. The summed E-state index contributed by atoms with van der Waals surface area (Å²) in [5.74, 6) is -0.611. The molecule has 1 saturated heterocycles. The second kappa shape index (κ2) is 9.30. The van der Waals surface area contributed by atoms with Gasteiger partial charge in [-0.05, 0) is 38.3 Å². The zero-order valence-corrected chi connectivity index (χ0v) is 13.7. The van der Waals surface area contributed by atoms with Crippen LogP contribution in [0.5, 0.6) is 0 Å². The largest absolute Gasteiger partial charge is 0.466 e. The van der Waals surface area contributed by atoms with Crippen molar-refractivity contribution in [3.8, 4) is 0 Å². The van der Waals surface area contributed by atoms with Crippen LogP contribution in [0.15, 0.2) is 30.3 Å². The van der Waals surface area contributed by atoms with Gasteiger partial charge in [0.2, 0.25) is 5.91 Å². The average molecular weight is 318 g/mol. The van der Waals surface area contributed by atoms with Crippen LogP contribution in [0.2, 0.25) is 0 Å². The molecule has 1 fully saturated rings. The van der Waals surface area contributed by atoms with Crippen molar-refractivity contribution >= 4 is 11.9 Å². The van der Waals surface area contributed by atoms with Crippen LogP contribution >= 0.6 is 0 Å². The molecule has 2 atom stereocenters. The van der Waals surface area contributed by atoms with Gasteiger partial charge in [-0.15, -0.1) is 0 Å². The first-order chi connectivity index (χ1) is 11.2. The zero-order valence-electron chi connectivity index (χ0n) is 13.7. The fourth-order valence-corrected chi connectivity index (χ4v) is 2.86. The molecule has 0 bridgehead atoms. The van der Waals surface area contributed by atoms with E-state index in [9.17, 15) is 9.59 Å². The Morgan fingerprint density at radius 1 is 1.35 bits per heavy atom. The summed E-state index contributed by atoms with van der Waals surface area (Å²) in [4.78, 5) is 24.2. The van der Waals surface area contributed by atoms with E-state index in [1.54, 1.807) is 6.92 Å². The Bertz CT molecular complexity index is 498. The molecule has 1 aliphatic rings. The summed E-state index contributed by atoms with van der Waals surface area (Å²) >= 11 is 0. The minimum absolute atomic E-state index is 0.00763. The van der Waals surface area contributed by atoms with Crippen LogP contribution in [0.4, 0.5) is 0 Å². The Morgan fingerprint density at radius 2 is 2.13 bits per heavy atom. The number of carbonyl (C=O) groups excluding carboxylic acids is 2. The van der Waals surface area contributed by atoms with Crippen LogP contribution in [0, 0.1) is 5.92 Å². The highest BCUT2D eigenvalue weighted by atomic mass is 16.5. The minimum atomic E-state index is -0.349. The SMILES string of the molecule is CCOC(=O)C(CNC(=O)CC1CCCN1)Cc1ccccc1. The number of amides is 1. The molecule has 1 aromatic carbocycles. The number of esters is 1. The predicted octanol–water partition coefficient (Wildman–Crippen LogP) is 1.67. The molecule has 126 valence electrons. The Kier molecular flexibility index (Phi) is 7.07. The van der Waals surface area contributed by atoms with Crippen molar-refractivity contribution in [3.63, 3.8) is 0 Å². The Labute approximate surface area is 137 Å². The number of rotatable bonds is 8. The molecular formula is C18H26N2O3. The van der Waals surface area contributed by atoms with Gasteiger partial charge in [0.25, 0.3) is 0 Å². The zero-order chi connectivity index (χ0) is 16.5. The summed E-state index contributed by atoms with van der Waals surface area (Å²) in [5.41, 5.74) is 1.07. The lowest BCUT2D eigenvalue weighted by molar-refractivity contribution is -0.147. The standard InChI is InChI=1S/C18H26N2O3/c1-2-23-18(22)15(11-14-7-4-3-5-8-14)13-20-17(21)12-16-9-6-10-19-16/h3-5,7-8,15-16,19H,2,6,9-13H2,1H3,(H,20,21). The van der Waals surface area contributed by atoms with E-state index in [4.69, 9.17) is 4.74 Å². The molecule has 1 heterocycles. The van der Waals surface area contributed by atoms with E-state index in [2.05, 4.69) is 10.6 Å². The van der Waals surface area contributed by atoms with Crippen molar-refractivity contribution in [2.75, 3.05) is 19.7 Å². The van der Waals surface area contributed by atoms with E-state index in [1.165, 1.54) is 0 Å². The van der Waals surface area contributed by atoms with Crippen molar-refractivity contribution in [2.24, 2.45) is 5.92 Å². The van der Waals surface area contributed by atoms with Gasteiger partial charge in [0.05, 0.1) is 12.5 Å². The van der Waals surface area contributed by atoms with Crippen LogP contribution in [0.3, 0.4) is 0 Å². The quantitative estimate of drug-likeness (QED) is 0.716. The van der Waals surface area contributed by atoms with E-state index < -0.39 is 0 Å². The number of carbonyl (C=O) groups is 2. The van der Waals surface area contributed by atoms with Crippen LogP contribution in [0.25, 0.3) is 0 Å². The fourth-order valence-electron chi connectivity index (χ4n) is 2.86. The summed E-state index contributed by atoms with van der Waals surface area (Å²) in [5, 5.41) is 6.20. The van der Waals surface area contributed by atoms with E-state index in [1.807, 2.05) is 30.3 Å². The molecule has 1 aromatic rings. The molecule has 0 aromatic heterocycles. The van der Waals surface area contributed by atoms with E-state index >= 15 is 0 Å². The summed E-state index contributed by atoms with van der Waals surface area (Å²) in [6, 6.07) is 10.1. The summed E-state index contributed by atoms with van der Waals surface area (Å²) in [7, 11) is 0. The third-order valence-corrected chi connectivity index (χ3v) is 4.08. The number of benzene rings is 1.